The predicted octanol–water partition coefficient (Wildman–Crippen LogP) is 5.16. The van der Waals surface area contributed by atoms with Crippen molar-refractivity contribution >= 4 is 24.7 Å². The maximum Gasteiger partial charge on any atom is 0.471 e. The first-order chi connectivity index (χ1) is 17.2. The SMILES string of the molecule is CCCCCCCCCCOc1cc2c(=O)c(C(=O)OCC)cn(COP(=O)(O)O)c2cc1OCC. The third kappa shape index (κ3) is 9.24. The number of phosphoric acid groups is 1. The molecule has 0 bridgehead atoms. The van der Waals surface area contributed by atoms with Gasteiger partial charge in [0, 0.05) is 12.3 Å². The molecule has 0 saturated heterocycles. The Bertz CT molecular complexity index is 1090. The zero-order valence-corrected chi connectivity index (χ0v) is 22.3. The van der Waals surface area contributed by atoms with Crippen molar-refractivity contribution in [1.82, 2.24) is 4.57 Å². The van der Waals surface area contributed by atoms with Crippen LogP contribution in [0.3, 0.4) is 0 Å². The van der Waals surface area contributed by atoms with Gasteiger partial charge in [0.15, 0.2) is 11.5 Å². The van der Waals surface area contributed by atoms with Gasteiger partial charge in [-0.2, -0.15) is 0 Å². The zero-order valence-electron chi connectivity index (χ0n) is 21.4. The molecule has 0 fully saturated rings. The molecule has 2 aromatic rings. The lowest BCUT2D eigenvalue weighted by Gasteiger charge is -2.17. The lowest BCUT2D eigenvalue weighted by Crippen LogP contribution is -2.21. The molecule has 1 aromatic heterocycles. The van der Waals surface area contributed by atoms with Crippen molar-refractivity contribution in [2.24, 2.45) is 0 Å². The van der Waals surface area contributed by atoms with Crippen molar-refractivity contribution in [2.45, 2.75) is 78.9 Å². The van der Waals surface area contributed by atoms with Crippen LogP contribution in [0.5, 0.6) is 11.5 Å². The van der Waals surface area contributed by atoms with E-state index >= 15 is 0 Å². The fraction of sp³-hybridized carbons (Fsp3) is 0.600. The summed E-state index contributed by atoms with van der Waals surface area (Å²) in [5, 5.41) is 0.115. The van der Waals surface area contributed by atoms with Gasteiger partial charge in [-0.25, -0.2) is 9.36 Å². The Morgan fingerprint density at radius 2 is 1.56 bits per heavy atom. The van der Waals surface area contributed by atoms with Crippen molar-refractivity contribution in [3.63, 3.8) is 0 Å². The lowest BCUT2D eigenvalue weighted by atomic mass is 10.1. The van der Waals surface area contributed by atoms with Crippen LogP contribution in [0, 0.1) is 0 Å². The number of unbranched alkanes of at least 4 members (excludes halogenated alkanes) is 7. The number of hydrogen-bond acceptors (Lipinski definition) is 7. The molecule has 11 heteroatoms. The number of esters is 1. The second kappa shape index (κ2) is 15.0. The Kier molecular flexibility index (Phi) is 12.4. The van der Waals surface area contributed by atoms with Crippen molar-refractivity contribution in [1.29, 1.82) is 0 Å². The molecule has 0 aliphatic rings. The van der Waals surface area contributed by atoms with Crippen LogP contribution in [-0.4, -0.2) is 40.1 Å². The second-order valence-electron chi connectivity index (χ2n) is 8.38. The third-order valence-corrected chi connectivity index (χ3v) is 6.01. The summed E-state index contributed by atoms with van der Waals surface area (Å²) in [4.78, 5) is 43.8. The van der Waals surface area contributed by atoms with Crippen LogP contribution in [0.4, 0.5) is 0 Å². The minimum absolute atomic E-state index is 0.0610. The highest BCUT2D eigenvalue weighted by atomic mass is 31.2. The molecule has 0 amide bonds. The quantitative estimate of drug-likeness (QED) is 0.162. The van der Waals surface area contributed by atoms with Crippen molar-refractivity contribution in [3.8, 4) is 11.5 Å². The molecular weight excluding hydrogens is 489 g/mol. The van der Waals surface area contributed by atoms with Crippen molar-refractivity contribution in [2.75, 3.05) is 19.8 Å². The summed E-state index contributed by atoms with van der Waals surface area (Å²) < 4.78 is 33.8. The Labute approximate surface area is 211 Å². The molecular formula is C25H38NO9P. The number of ether oxygens (including phenoxy) is 3. The number of phosphoric ester groups is 1. The van der Waals surface area contributed by atoms with E-state index in [1.54, 1.807) is 19.9 Å². The van der Waals surface area contributed by atoms with E-state index in [1.807, 2.05) is 0 Å². The fourth-order valence-electron chi connectivity index (χ4n) is 3.80. The smallest absolute Gasteiger partial charge is 0.471 e. The molecule has 10 nitrogen and oxygen atoms in total. The maximum absolute atomic E-state index is 13.1. The van der Waals surface area contributed by atoms with Crippen LogP contribution in [0.15, 0.2) is 23.1 Å². The van der Waals surface area contributed by atoms with Gasteiger partial charge in [-0.15, -0.1) is 0 Å². The fourth-order valence-corrected chi connectivity index (χ4v) is 4.07. The van der Waals surface area contributed by atoms with Crippen LogP contribution in [0.1, 0.15) is 82.5 Å². The Hall–Kier alpha value is -2.39. The molecule has 0 radical (unpaired) electrons. The van der Waals surface area contributed by atoms with Crippen LogP contribution in [0.25, 0.3) is 10.9 Å². The number of pyridine rings is 1. The number of rotatable bonds is 17. The van der Waals surface area contributed by atoms with Crippen LogP contribution in [0.2, 0.25) is 0 Å². The molecule has 2 N–H and O–H groups in total. The molecule has 0 atom stereocenters. The molecule has 2 rings (SSSR count). The Morgan fingerprint density at radius 3 is 2.17 bits per heavy atom. The van der Waals surface area contributed by atoms with E-state index in [2.05, 4.69) is 11.4 Å². The second-order valence-corrected chi connectivity index (χ2v) is 9.62. The molecule has 0 aliphatic heterocycles. The largest absolute Gasteiger partial charge is 0.490 e. The zero-order chi connectivity index (χ0) is 26.6. The van der Waals surface area contributed by atoms with Gasteiger partial charge in [-0.1, -0.05) is 51.9 Å². The van der Waals surface area contributed by atoms with Gasteiger partial charge in [0.2, 0.25) is 5.43 Å². The molecule has 0 aliphatic carbocycles. The number of hydrogen-bond donors (Lipinski definition) is 2. The average molecular weight is 528 g/mol. The molecule has 1 heterocycles. The summed E-state index contributed by atoms with van der Waals surface area (Å²) in [6, 6.07) is 3.03. The van der Waals surface area contributed by atoms with Gasteiger partial charge >= 0.3 is 13.8 Å². The highest BCUT2D eigenvalue weighted by Crippen LogP contribution is 2.37. The number of benzene rings is 1. The molecule has 0 spiro atoms. The normalized spacial score (nSPS) is 11.6. The Balaban J connectivity index is 2.31. The van der Waals surface area contributed by atoms with Crippen LogP contribution >= 0.6 is 7.82 Å². The summed E-state index contributed by atoms with van der Waals surface area (Å²) in [6.07, 6.45) is 10.4. The highest BCUT2D eigenvalue weighted by molar-refractivity contribution is 7.46. The van der Waals surface area contributed by atoms with Gasteiger partial charge in [0.25, 0.3) is 0 Å². The molecule has 36 heavy (non-hydrogen) atoms. The number of fused-ring (bicyclic) bond motifs is 1. The lowest BCUT2D eigenvalue weighted by molar-refractivity contribution is 0.0523. The average Bonchev–Trinajstić information content (AvgIpc) is 2.82. The van der Waals surface area contributed by atoms with Crippen LogP contribution < -0.4 is 14.9 Å². The molecule has 202 valence electrons. The molecule has 1 aromatic carbocycles. The summed E-state index contributed by atoms with van der Waals surface area (Å²) in [7, 11) is -4.81. The van der Waals surface area contributed by atoms with E-state index in [0.717, 1.165) is 25.5 Å². The van der Waals surface area contributed by atoms with E-state index in [0.29, 0.717) is 24.7 Å². The third-order valence-electron chi connectivity index (χ3n) is 5.56. The summed E-state index contributed by atoms with van der Waals surface area (Å²) in [6.45, 7) is 5.85. The minimum atomic E-state index is -4.81. The van der Waals surface area contributed by atoms with Crippen LogP contribution in [-0.2, 0) is 20.6 Å². The molecule has 0 unspecified atom stereocenters. The molecule has 0 saturated carbocycles. The van der Waals surface area contributed by atoms with E-state index in [9.17, 15) is 14.2 Å². The first kappa shape index (κ1) is 29.8. The predicted molar refractivity (Wildman–Crippen MR) is 137 cm³/mol. The van der Waals surface area contributed by atoms with E-state index in [4.69, 9.17) is 24.0 Å². The van der Waals surface area contributed by atoms with E-state index in [-0.39, 0.29) is 23.1 Å². The van der Waals surface area contributed by atoms with E-state index < -0.39 is 26.0 Å². The first-order valence-corrected chi connectivity index (χ1v) is 14.1. The van der Waals surface area contributed by atoms with Gasteiger partial charge in [-0.05, 0) is 26.3 Å². The van der Waals surface area contributed by atoms with E-state index in [1.165, 1.54) is 42.7 Å². The van der Waals surface area contributed by atoms with Gasteiger partial charge in [-0.3, -0.25) is 9.32 Å². The first-order valence-electron chi connectivity index (χ1n) is 12.6. The summed E-state index contributed by atoms with van der Waals surface area (Å²) in [5.74, 6) is -0.115. The number of nitrogens with zero attached hydrogens (tertiary/aromatic N) is 1. The summed E-state index contributed by atoms with van der Waals surface area (Å²) in [5.41, 5.74) is -0.600. The van der Waals surface area contributed by atoms with Gasteiger partial charge in [0.05, 0.1) is 30.7 Å². The number of carbonyl (C=O) groups is 1. The van der Waals surface area contributed by atoms with Crippen molar-refractivity contribution in [3.05, 3.63) is 34.1 Å². The number of aromatic nitrogens is 1. The highest BCUT2D eigenvalue weighted by Gasteiger charge is 2.21. The summed E-state index contributed by atoms with van der Waals surface area (Å²) >= 11 is 0. The topological polar surface area (TPSA) is 134 Å². The minimum Gasteiger partial charge on any atom is -0.490 e. The van der Waals surface area contributed by atoms with Gasteiger partial charge in [0.1, 0.15) is 12.3 Å². The van der Waals surface area contributed by atoms with Gasteiger partial charge < -0.3 is 28.6 Å². The Morgan fingerprint density at radius 1 is 0.917 bits per heavy atom. The van der Waals surface area contributed by atoms with Crippen molar-refractivity contribution < 1.29 is 37.9 Å². The maximum atomic E-state index is 13.1. The monoisotopic (exact) mass is 527 g/mol. The standard InChI is InChI=1S/C25H38NO9P/c1-4-7-8-9-10-11-12-13-14-34-22-15-19-21(16-23(22)32-5-2)26(18-35-36(29,30)31)17-20(24(19)27)25(28)33-6-3/h15-17H,4-14,18H2,1-3H3,(H2,29,30,31). The number of carbonyl (C=O) groups excluding carboxylic acids is 1.